The van der Waals surface area contributed by atoms with Gasteiger partial charge in [-0.3, -0.25) is 4.79 Å². The van der Waals surface area contributed by atoms with Crippen molar-refractivity contribution >= 4 is 24.0 Å². The number of phenols is 4. The molecule has 0 aromatic heterocycles. The molecule has 3 aromatic rings. The maximum Gasteiger partial charge on any atom is 0.345 e. The molecule has 0 radical (unpaired) electrons. The molecular formula is C28H24O11. The number of fused-ring (bicyclic) bond motifs is 1. The maximum absolute atomic E-state index is 13.6. The normalized spacial score (nSPS) is 16.8. The summed E-state index contributed by atoms with van der Waals surface area (Å²) in [5.74, 6) is -6.60. The lowest BCUT2D eigenvalue weighted by molar-refractivity contribution is -0.166. The number of carbonyl (C=O) groups is 3. The molecule has 11 nitrogen and oxygen atoms in total. The van der Waals surface area contributed by atoms with E-state index in [9.17, 15) is 39.9 Å². The average Bonchev–Trinajstić information content (AvgIpc) is 3.29. The van der Waals surface area contributed by atoms with Gasteiger partial charge in [0.2, 0.25) is 6.10 Å². The predicted octanol–water partition coefficient (Wildman–Crippen LogP) is 3.37. The monoisotopic (exact) mass is 536 g/mol. The van der Waals surface area contributed by atoms with E-state index in [0.29, 0.717) is 11.1 Å². The van der Waals surface area contributed by atoms with E-state index >= 15 is 0 Å². The predicted molar refractivity (Wildman–Crippen MR) is 135 cm³/mol. The fraction of sp³-hybridized carbons (Fsp3) is 0.179. The number of aromatic hydroxyl groups is 4. The number of hydrogen-bond donors (Lipinski definition) is 6. The van der Waals surface area contributed by atoms with Gasteiger partial charge in [-0.1, -0.05) is 24.3 Å². The summed E-state index contributed by atoms with van der Waals surface area (Å²) in [4.78, 5) is 36.8. The lowest BCUT2D eigenvalue weighted by Crippen LogP contribution is -2.33. The average molecular weight is 536 g/mol. The molecule has 0 bridgehead atoms. The highest BCUT2D eigenvalue weighted by Gasteiger charge is 2.45. The zero-order valence-corrected chi connectivity index (χ0v) is 20.4. The van der Waals surface area contributed by atoms with Crippen molar-refractivity contribution < 1.29 is 54.5 Å². The van der Waals surface area contributed by atoms with Gasteiger partial charge in [-0.25, -0.2) is 9.59 Å². The number of benzene rings is 3. The molecule has 6 N–H and O–H groups in total. The first kappa shape index (κ1) is 26.9. The number of esters is 1. The summed E-state index contributed by atoms with van der Waals surface area (Å²) in [6.45, 7) is 1.63. The Morgan fingerprint density at radius 3 is 2.26 bits per heavy atom. The van der Waals surface area contributed by atoms with Crippen LogP contribution in [0.15, 0.2) is 54.6 Å². The number of aliphatic carboxylic acids is 2. The minimum absolute atomic E-state index is 0.0177. The number of rotatable bonds is 8. The van der Waals surface area contributed by atoms with E-state index in [-0.39, 0.29) is 40.4 Å². The number of carbonyl (C=O) groups excluding carboxylic acids is 1. The van der Waals surface area contributed by atoms with Crippen molar-refractivity contribution in [2.75, 3.05) is 0 Å². The van der Waals surface area contributed by atoms with Gasteiger partial charge in [0.05, 0.1) is 0 Å². The Hall–Kier alpha value is -5.19. The number of carboxylic acid groups (broad SMARTS) is 2. The van der Waals surface area contributed by atoms with Gasteiger partial charge < -0.3 is 40.1 Å². The largest absolute Gasteiger partial charge is 0.508 e. The Morgan fingerprint density at radius 1 is 0.923 bits per heavy atom. The SMILES string of the molecule is Cc1cc(CC(OC(=O)C2c3c(/C=C/C(=O)O)ccc(O)c3OC2c2ccc(O)c(O)c2)C(=O)O)ccc1O. The van der Waals surface area contributed by atoms with Gasteiger partial charge in [0.15, 0.2) is 23.0 Å². The Morgan fingerprint density at radius 2 is 1.62 bits per heavy atom. The number of ether oxygens (including phenoxy) is 2. The maximum atomic E-state index is 13.6. The molecule has 0 aliphatic carbocycles. The molecule has 3 atom stereocenters. The first-order chi connectivity index (χ1) is 18.5. The van der Waals surface area contributed by atoms with Crippen LogP contribution < -0.4 is 4.74 Å². The van der Waals surface area contributed by atoms with Crippen molar-refractivity contribution in [3.8, 4) is 28.7 Å². The summed E-state index contributed by atoms with van der Waals surface area (Å²) < 4.78 is 11.3. The lowest BCUT2D eigenvalue weighted by atomic mass is 9.87. The molecule has 1 aliphatic heterocycles. The molecule has 0 saturated heterocycles. The van der Waals surface area contributed by atoms with Crippen LogP contribution in [-0.4, -0.2) is 54.7 Å². The third-order valence-electron chi connectivity index (χ3n) is 6.27. The fourth-order valence-corrected chi connectivity index (χ4v) is 4.37. The van der Waals surface area contributed by atoms with Gasteiger partial charge in [-0.2, -0.15) is 0 Å². The van der Waals surface area contributed by atoms with Gasteiger partial charge in [0.25, 0.3) is 0 Å². The summed E-state index contributed by atoms with van der Waals surface area (Å²) in [5.41, 5.74) is 1.42. The summed E-state index contributed by atoms with van der Waals surface area (Å²) in [7, 11) is 0. The molecule has 1 aliphatic rings. The minimum Gasteiger partial charge on any atom is -0.508 e. The highest BCUT2D eigenvalue weighted by atomic mass is 16.6. The number of carboxylic acids is 2. The molecule has 3 aromatic carbocycles. The Bertz CT molecular complexity index is 1490. The van der Waals surface area contributed by atoms with Crippen LogP contribution >= 0.6 is 0 Å². The van der Waals surface area contributed by atoms with E-state index in [1.54, 1.807) is 13.0 Å². The highest BCUT2D eigenvalue weighted by molar-refractivity contribution is 5.90. The Balaban J connectivity index is 1.77. The first-order valence-corrected chi connectivity index (χ1v) is 11.6. The zero-order valence-electron chi connectivity index (χ0n) is 20.4. The van der Waals surface area contributed by atoms with Crippen LogP contribution in [0.25, 0.3) is 6.08 Å². The molecule has 11 heteroatoms. The van der Waals surface area contributed by atoms with Gasteiger partial charge >= 0.3 is 17.9 Å². The van der Waals surface area contributed by atoms with Crippen molar-refractivity contribution in [1.29, 1.82) is 0 Å². The standard InChI is InChI=1S/C28H24O11/c1-13-10-14(2-6-17(13)29)11-21(27(35)36)38-28(37)24-23-15(5-9-22(33)34)3-8-19(31)26(23)39-25(24)16-4-7-18(30)20(32)12-16/h2-10,12,21,24-25,29-32H,11H2,1H3,(H,33,34)(H,35,36)/b9-5+. The van der Waals surface area contributed by atoms with Crippen molar-refractivity contribution in [2.45, 2.75) is 31.5 Å². The number of hydrogen-bond acceptors (Lipinski definition) is 9. The van der Waals surface area contributed by atoms with Crippen molar-refractivity contribution in [3.63, 3.8) is 0 Å². The molecule has 3 unspecified atom stereocenters. The van der Waals surface area contributed by atoms with Gasteiger partial charge in [-0.15, -0.1) is 0 Å². The Labute approximate surface area is 221 Å². The molecule has 202 valence electrons. The van der Waals surface area contributed by atoms with Crippen LogP contribution in [0, 0.1) is 6.92 Å². The number of phenolic OH excluding ortho intramolecular Hbond substituents is 4. The summed E-state index contributed by atoms with van der Waals surface area (Å²) >= 11 is 0. The van der Waals surface area contributed by atoms with Crippen LogP contribution in [-0.2, 0) is 25.5 Å². The second kappa shape index (κ2) is 10.7. The van der Waals surface area contributed by atoms with E-state index in [1.165, 1.54) is 36.4 Å². The lowest BCUT2D eigenvalue weighted by Gasteiger charge is -2.22. The molecule has 39 heavy (non-hydrogen) atoms. The van der Waals surface area contributed by atoms with E-state index < -0.39 is 47.5 Å². The molecule has 0 spiro atoms. The summed E-state index contributed by atoms with van der Waals surface area (Å²) in [6.07, 6.45) is -1.10. The Kier molecular flexibility index (Phi) is 7.34. The van der Waals surface area contributed by atoms with Gasteiger partial charge in [-0.05, 0) is 59.5 Å². The quantitative estimate of drug-likeness (QED) is 0.141. The van der Waals surface area contributed by atoms with E-state index in [4.69, 9.17) is 14.6 Å². The zero-order chi connectivity index (χ0) is 28.4. The summed E-state index contributed by atoms with van der Waals surface area (Å²) in [5, 5.41) is 58.9. The van der Waals surface area contributed by atoms with Crippen LogP contribution in [0.3, 0.4) is 0 Å². The molecular weight excluding hydrogens is 512 g/mol. The van der Waals surface area contributed by atoms with Gasteiger partial charge in [0, 0.05) is 18.1 Å². The van der Waals surface area contributed by atoms with E-state index in [0.717, 1.165) is 18.2 Å². The fourth-order valence-electron chi connectivity index (χ4n) is 4.37. The smallest absolute Gasteiger partial charge is 0.345 e. The third-order valence-corrected chi connectivity index (χ3v) is 6.27. The second-order valence-corrected chi connectivity index (χ2v) is 8.94. The van der Waals surface area contributed by atoms with Crippen molar-refractivity contribution in [1.82, 2.24) is 0 Å². The molecule has 0 saturated carbocycles. The number of aryl methyl sites for hydroxylation is 1. The molecule has 0 fully saturated rings. The van der Waals surface area contributed by atoms with E-state index in [1.807, 2.05) is 0 Å². The minimum atomic E-state index is -1.64. The van der Waals surface area contributed by atoms with Crippen molar-refractivity contribution in [3.05, 3.63) is 82.4 Å². The van der Waals surface area contributed by atoms with Crippen LogP contribution in [0.1, 0.15) is 39.8 Å². The van der Waals surface area contributed by atoms with Crippen LogP contribution in [0.2, 0.25) is 0 Å². The molecule has 1 heterocycles. The van der Waals surface area contributed by atoms with Crippen LogP contribution in [0.4, 0.5) is 0 Å². The highest BCUT2D eigenvalue weighted by Crippen LogP contribution is 2.53. The van der Waals surface area contributed by atoms with Crippen molar-refractivity contribution in [2.24, 2.45) is 0 Å². The topological polar surface area (TPSA) is 191 Å². The molecule has 4 rings (SSSR count). The van der Waals surface area contributed by atoms with E-state index in [2.05, 4.69) is 0 Å². The second-order valence-electron chi connectivity index (χ2n) is 8.94. The third kappa shape index (κ3) is 5.57. The summed E-state index contributed by atoms with van der Waals surface area (Å²) in [6, 6.07) is 10.7. The molecule has 0 amide bonds. The van der Waals surface area contributed by atoms with Crippen LogP contribution in [0.5, 0.6) is 28.7 Å². The van der Waals surface area contributed by atoms with Gasteiger partial charge in [0.1, 0.15) is 17.8 Å². The first-order valence-electron chi connectivity index (χ1n) is 11.6.